The maximum absolute atomic E-state index is 12.1. The first-order valence-electron chi connectivity index (χ1n) is 5.11. The number of rotatable bonds is 5. The Morgan fingerprint density at radius 1 is 0.789 bits per heavy atom. The maximum Gasteiger partial charge on any atom is 0.604 e. The van der Waals surface area contributed by atoms with Gasteiger partial charge < -0.3 is 14.5 Å². The molecule has 5 nitrogen and oxygen atoms in total. The minimum Gasteiger partial charge on any atom is -0.412 e. The highest BCUT2D eigenvalue weighted by molar-refractivity contribution is 7.50. The van der Waals surface area contributed by atoms with Crippen LogP contribution in [-0.2, 0) is 8.64 Å². The molecule has 0 aliphatic rings. The van der Waals surface area contributed by atoms with E-state index in [2.05, 4.69) is 4.08 Å². The first-order chi connectivity index (χ1) is 8.72. The van der Waals surface area contributed by atoms with Gasteiger partial charge in [0.05, 0.1) is 11.9 Å². The number of benzene rings is 2. The first kappa shape index (κ1) is 15.5. The monoisotopic (exact) mass is 302 g/mol. The molecule has 0 radical (unpaired) electrons. The highest BCUT2D eigenvalue weighted by atomic mass is 35.5. The zero-order valence-electron chi connectivity index (χ0n) is 9.73. The van der Waals surface area contributed by atoms with Crippen LogP contribution in [0.1, 0.15) is 0 Å². The van der Waals surface area contributed by atoms with E-state index in [4.69, 9.17) is 20.9 Å². The van der Waals surface area contributed by atoms with Crippen LogP contribution in [0.25, 0.3) is 0 Å². The van der Waals surface area contributed by atoms with Gasteiger partial charge in [-0.2, -0.15) is 4.08 Å². The Hall–Kier alpha value is -1.52. The topological polar surface area (TPSA) is 76.3 Å². The smallest absolute Gasteiger partial charge is 0.412 e. The number of hydrogen-bond donors (Lipinski definition) is 0. The molecule has 7 heteroatoms. The van der Waals surface area contributed by atoms with Gasteiger partial charge >= 0.3 is 7.82 Å². The Morgan fingerprint density at radius 2 is 1.16 bits per heavy atom. The molecule has 0 fully saturated rings. The quantitative estimate of drug-likeness (QED) is 0.791. The van der Waals surface area contributed by atoms with Gasteiger partial charge in [0.1, 0.15) is 11.5 Å². The summed E-state index contributed by atoms with van der Waals surface area (Å²) >= 11 is 5.20. The van der Waals surface area contributed by atoms with E-state index in [0.717, 1.165) is 0 Å². The Morgan fingerprint density at radius 3 is 1.47 bits per heavy atom. The van der Waals surface area contributed by atoms with Crippen molar-refractivity contribution in [2.45, 2.75) is 0 Å². The van der Waals surface area contributed by atoms with Crippen LogP contribution in [0.3, 0.4) is 0 Å². The molecule has 0 saturated heterocycles. The molecule has 0 aliphatic heterocycles. The van der Waals surface area contributed by atoms with Crippen molar-refractivity contribution in [3.8, 4) is 11.5 Å². The number of halogens is 1. The van der Waals surface area contributed by atoms with E-state index in [1.807, 2.05) is 0 Å². The molecule has 19 heavy (non-hydrogen) atoms. The van der Waals surface area contributed by atoms with Crippen molar-refractivity contribution < 1.29 is 23.2 Å². The van der Waals surface area contributed by atoms with E-state index in [-0.39, 0.29) is 5.48 Å². The van der Waals surface area contributed by atoms with Gasteiger partial charge in [0.2, 0.25) is 0 Å². The summed E-state index contributed by atoms with van der Waals surface area (Å²) in [4.78, 5) is 0. The molecule has 0 heterocycles. The predicted octanol–water partition coefficient (Wildman–Crippen LogP) is 3.60. The molecule has 0 bridgehead atoms. The lowest BCUT2D eigenvalue weighted by Crippen LogP contribution is -2.00. The van der Waals surface area contributed by atoms with E-state index < -0.39 is 7.82 Å². The molecule has 0 atom stereocenters. The molecule has 102 valence electrons. The molecular weight excluding hydrogens is 291 g/mol. The van der Waals surface area contributed by atoms with Crippen molar-refractivity contribution in [2.75, 3.05) is 0 Å². The Balaban J connectivity index is 0.00000180. The van der Waals surface area contributed by atoms with E-state index in [0.29, 0.717) is 11.5 Å². The van der Waals surface area contributed by atoms with Gasteiger partial charge in [0.25, 0.3) is 0 Å². The van der Waals surface area contributed by atoms with Crippen LogP contribution >= 0.6 is 19.7 Å². The van der Waals surface area contributed by atoms with E-state index >= 15 is 0 Å². The fourth-order valence-corrected chi connectivity index (χ4v) is 2.29. The summed E-state index contributed by atoms with van der Waals surface area (Å²) in [7, 11) is -3.88. The molecule has 0 saturated carbocycles. The van der Waals surface area contributed by atoms with Crippen LogP contribution in [0, 0.1) is 0 Å². The zero-order chi connectivity index (χ0) is 12.8. The van der Waals surface area contributed by atoms with Gasteiger partial charge in [-0.15, -0.1) is 0 Å². The molecule has 2 aromatic carbocycles. The standard InChI is InChI=1S/C12H10ClO4P.H2O/c13-17-18(14,15-11-7-3-1-4-8-11)16-12-9-5-2-6-10-12;/h1-10H;1H2. The Bertz CT molecular complexity index is 489. The van der Waals surface area contributed by atoms with Crippen LogP contribution < -0.4 is 9.05 Å². The Labute approximate surface area is 115 Å². The fraction of sp³-hybridized carbons (Fsp3) is 0. The lowest BCUT2D eigenvalue weighted by Gasteiger charge is -2.15. The van der Waals surface area contributed by atoms with Crippen molar-refractivity contribution in [3.63, 3.8) is 0 Å². The van der Waals surface area contributed by atoms with E-state index in [1.54, 1.807) is 60.7 Å². The summed E-state index contributed by atoms with van der Waals surface area (Å²) in [5, 5.41) is 0. The van der Waals surface area contributed by atoms with Crippen molar-refractivity contribution >= 4 is 19.7 Å². The highest BCUT2D eigenvalue weighted by Crippen LogP contribution is 2.50. The summed E-state index contributed by atoms with van der Waals surface area (Å²) < 4.78 is 26.7. The number of phosphoric ester groups is 1. The van der Waals surface area contributed by atoms with Gasteiger partial charge in [-0.1, -0.05) is 36.4 Å². The van der Waals surface area contributed by atoms with Crippen LogP contribution in [-0.4, -0.2) is 5.48 Å². The molecule has 0 unspecified atom stereocenters. The Kier molecular flexibility index (Phi) is 5.86. The maximum atomic E-state index is 12.1. The molecule has 2 aromatic rings. The van der Waals surface area contributed by atoms with Crippen molar-refractivity contribution in [3.05, 3.63) is 60.7 Å². The van der Waals surface area contributed by atoms with Crippen LogP contribution in [0.15, 0.2) is 60.7 Å². The summed E-state index contributed by atoms with van der Waals surface area (Å²) in [6.45, 7) is 0. The molecule has 0 aliphatic carbocycles. The van der Waals surface area contributed by atoms with Crippen molar-refractivity contribution in [1.29, 1.82) is 0 Å². The molecule has 0 amide bonds. The minimum absolute atomic E-state index is 0. The fourth-order valence-electron chi connectivity index (χ4n) is 1.27. The van der Waals surface area contributed by atoms with Gasteiger partial charge in [-0.05, 0) is 24.3 Å². The minimum atomic E-state index is -3.88. The zero-order valence-corrected chi connectivity index (χ0v) is 11.4. The average molecular weight is 303 g/mol. The second kappa shape index (κ2) is 7.16. The predicted molar refractivity (Wildman–Crippen MR) is 72.3 cm³/mol. The van der Waals surface area contributed by atoms with Crippen LogP contribution in [0.2, 0.25) is 0 Å². The first-order valence-corrected chi connectivity index (χ1v) is 6.88. The van der Waals surface area contributed by atoms with Gasteiger partial charge in [-0.3, -0.25) is 0 Å². The van der Waals surface area contributed by atoms with Crippen LogP contribution in [0.5, 0.6) is 11.5 Å². The van der Waals surface area contributed by atoms with E-state index in [9.17, 15) is 4.57 Å². The lowest BCUT2D eigenvalue weighted by atomic mass is 10.3. The van der Waals surface area contributed by atoms with Crippen molar-refractivity contribution in [1.82, 2.24) is 0 Å². The highest BCUT2D eigenvalue weighted by Gasteiger charge is 2.30. The normalized spacial score (nSPS) is 10.4. The second-order valence-corrected chi connectivity index (χ2v) is 5.14. The number of para-hydroxylation sites is 2. The molecular formula is C12H12ClO5P. The third kappa shape index (κ3) is 4.58. The summed E-state index contributed by atoms with van der Waals surface area (Å²) in [5.74, 6) is 0.690. The molecule has 0 aromatic heterocycles. The molecule has 2 N–H and O–H groups in total. The average Bonchev–Trinajstić information content (AvgIpc) is 2.41. The largest absolute Gasteiger partial charge is 0.604 e. The summed E-state index contributed by atoms with van der Waals surface area (Å²) in [6, 6.07) is 17.0. The molecule has 2 rings (SSSR count). The van der Waals surface area contributed by atoms with Gasteiger partial charge in [-0.25, -0.2) is 4.57 Å². The van der Waals surface area contributed by atoms with Gasteiger partial charge in [0, 0.05) is 0 Å². The van der Waals surface area contributed by atoms with E-state index in [1.165, 1.54) is 0 Å². The lowest BCUT2D eigenvalue weighted by molar-refractivity contribution is 0.308. The van der Waals surface area contributed by atoms with Crippen LogP contribution in [0.4, 0.5) is 0 Å². The van der Waals surface area contributed by atoms with Gasteiger partial charge in [0.15, 0.2) is 0 Å². The third-order valence-corrected chi connectivity index (χ3v) is 3.55. The summed E-state index contributed by atoms with van der Waals surface area (Å²) in [5.41, 5.74) is 0. The molecule has 0 spiro atoms. The van der Waals surface area contributed by atoms with Crippen molar-refractivity contribution in [2.24, 2.45) is 0 Å². The second-order valence-electron chi connectivity index (χ2n) is 3.32. The third-order valence-electron chi connectivity index (χ3n) is 2.01. The SMILES string of the molecule is O.O=P(OCl)(Oc1ccccc1)Oc1ccccc1. The summed E-state index contributed by atoms with van der Waals surface area (Å²) in [6.07, 6.45) is 0. The number of phosphoric acid groups is 1. The number of hydrogen-bond acceptors (Lipinski definition) is 4.